The van der Waals surface area contributed by atoms with E-state index in [9.17, 15) is 5.11 Å². The van der Waals surface area contributed by atoms with Gasteiger partial charge in [-0.15, -0.1) is 0 Å². The van der Waals surface area contributed by atoms with E-state index in [1.807, 2.05) is 12.1 Å². The van der Waals surface area contributed by atoms with E-state index in [-0.39, 0.29) is 0 Å². The van der Waals surface area contributed by atoms with E-state index in [2.05, 4.69) is 9.97 Å². The first-order valence-electron chi connectivity index (χ1n) is 5.04. The zero-order chi connectivity index (χ0) is 12.3. The van der Waals surface area contributed by atoms with Gasteiger partial charge in [-0.2, -0.15) is 0 Å². The van der Waals surface area contributed by atoms with Gasteiger partial charge < -0.3 is 5.11 Å². The number of hydrogen-bond acceptors (Lipinski definition) is 3. The van der Waals surface area contributed by atoms with Crippen LogP contribution in [-0.4, -0.2) is 15.1 Å². The Morgan fingerprint density at radius 2 is 2.12 bits per heavy atom. The molecule has 0 bridgehead atoms. The van der Waals surface area contributed by atoms with E-state index in [1.54, 1.807) is 18.5 Å². The molecule has 0 radical (unpaired) electrons. The van der Waals surface area contributed by atoms with Crippen molar-refractivity contribution in [1.82, 2.24) is 9.97 Å². The van der Waals surface area contributed by atoms with Gasteiger partial charge in [0.25, 0.3) is 0 Å². The molecule has 0 amide bonds. The van der Waals surface area contributed by atoms with Gasteiger partial charge in [0.15, 0.2) is 0 Å². The van der Waals surface area contributed by atoms with Gasteiger partial charge in [-0.25, -0.2) is 0 Å². The summed E-state index contributed by atoms with van der Waals surface area (Å²) in [7, 11) is 0. The molecule has 0 saturated heterocycles. The molecule has 3 nitrogen and oxygen atoms in total. The molecule has 2 heterocycles. The van der Waals surface area contributed by atoms with Gasteiger partial charge in [-0.3, -0.25) is 9.97 Å². The zero-order valence-electron chi connectivity index (χ0n) is 8.85. The minimum absolute atomic E-state index is 0.369. The monoisotopic (exact) mass is 268 g/mol. The van der Waals surface area contributed by atoms with Crippen LogP contribution in [0.3, 0.4) is 0 Å². The molecule has 0 spiro atoms. The SMILES string of the molecule is OC(Cc1cccnc1)c1ncc(Cl)cc1Cl. The third-order valence-electron chi connectivity index (χ3n) is 2.30. The van der Waals surface area contributed by atoms with Crippen molar-refractivity contribution in [3.05, 3.63) is 58.1 Å². The summed E-state index contributed by atoms with van der Waals surface area (Å²) in [5, 5.41) is 10.8. The third kappa shape index (κ3) is 3.16. The summed E-state index contributed by atoms with van der Waals surface area (Å²) in [6.45, 7) is 0. The van der Waals surface area contributed by atoms with E-state index in [4.69, 9.17) is 23.2 Å². The predicted octanol–water partition coefficient (Wildman–Crippen LogP) is 3.06. The molecule has 2 aromatic rings. The Kier molecular flexibility index (Phi) is 3.94. The van der Waals surface area contributed by atoms with Gasteiger partial charge in [0.1, 0.15) is 6.10 Å². The maximum Gasteiger partial charge on any atom is 0.102 e. The summed E-state index contributed by atoms with van der Waals surface area (Å²) in [5.41, 5.74) is 1.35. The van der Waals surface area contributed by atoms with E-state index >= 15 is 0 Å². The second-order valence-corrected chi connectivity index (χ2v) is 4.45. The molecule has 17 heavy (non-hydrogen) atoms. The molecule has 1 unspecified atom stereocenters. The van der Waals surface area contributed by atoms with Crippen LogP contribution in [0.15, 0.2) is 36.8 Å². The highest BCUT2D eigenvalue weighted by Crippen LogP contribution is 2.25. The fraction of sp³-hybridized carbons (Fsp3) is 0.167. The van der Waals surface area contributed by atoms with Crippen molar-refractivity contribution in [3.63, 3.8) is 0 Å². The summed E-state index contributed by atoms with van der Waals surface area (Å²) in [4.78, 5) is 8.02. The van der Waals surface area contributed by atoms with Crippen molar-refractivity contribution in [1.29, 1.82) is 0 Å². The van der Waals surface area contributed by atoms with Crippen molar-refractivity contribution in [2.24, 2.45) is 0 Å². The molecule has 0 aromatic carbocycles. The van der Waals surface area contributed by atoms with Crippen LogP contribution < -0.4 is 0 Å². The lowest BCUT2D eigenvalue weighted by molar-refractivity contribution is 0.173. The molecule has 0 fully saturated rings. The number of aliphatic hydroxyl groups excluding tert-OH is 1. The molecule has 5 heteroatoms. The van der Waals surface area contributed by atoms with Crippen molar-refractivity contribution in [3.8, 4) is 0 Å². The highest BCUT2D eigenvalue weighted by molar-refractivity contribution is 6.34. The second kappa shape index (κ2) is 5.45. The highest BCUT2D eigenvalue weighted by atomic mass is 35.5. The minimum Gasteiger partial charge on any atom is -0.386 e. The Morgan fingerprint density at radius 1 is 1.29 bits per heavy atom. The van der Waals surface area contributed by atoms with Crippen LogP contribution in [0.1, 0.15) is 17.4 Å². The normalized spacial score (nSPS) is 12.4. The molecule has 2 aromatic heterocycles. The summed E-state index contributed by atoms with van der Waals surface area (Å²) in [6, 6.07) is 5.27. The third-order valence-corrected chi connectivity index (χ3v) is 2.81. The zero-order valence-corrected chi connectivity index (χ0v) is 10.4. The Balaban J connectivity index is 2.17. The average Bonchev–Trinajstić information content (AvgIpc) is 2.30. The summed E-state index contributed by atoms with van der Waals surface area (Å²) >= 11 is 11.7. The van der Waals surface area contributed by atoms with E-state index in [0.717, 1.165) is 5.56 Å². The molecule has 2 rings (SSSR count). The predicted molar refractivity (Wildman–Crippen MR) is 67.2 cm³/mol. The van der Waals surface area contributed by atoms with Crippen LogP contribution in [0.2, 0.25) is 10.0 Å². The largest absolute Gasteiger partial charge is 0.386 e. The number of halogens is 2. The molecule has 1 N–H and O–H groups in total. The summed E-state index contributed by atoms with van der Waals surface area (Å²) in [5.74, 6) is 0. The van der Waals surface area contributed by atoms with Gasteiger partial charge in [0, 0.05) is 25.0 Å². The first kappa shape index (κ1) is 12.3. The van der Waals surface area contributed by atoms with Crippen molar-refractivity contribution in [2.75, 3.05) is 0 Å². The van der Waals surface area contributed by atoms with E-state index in [1.165, 1.54) is 6.20 Å². The topological polar surface area (TPSA) is 46.0 Å². The molecule has 0 aliphatic carbocycles. The van der Waals surface area contributed by atoms with Crippen molar-refractivity contribution < 1.29 is 5.11 Å². The molecular weight excluding hydrogens is 259 g/mol. The fourth-order valence-corrected chi connectivity index (χ4v) is 2.02. The standard InChI is InChI=1S/C12H10Cl2N2O/c13-9-5-10(14)12(16-7-9)11(17)4-8-2-1-3-15-6-8/h1-3,5-7,11,17H,4H2. The molecular formula is C12H10Cl2N2O. The van der Waals surface area contributed by atoms with Gasteiger partial charge >= 0.3 is 0 Å². The molecule has 0 aliphatic rings. The molecule has 0 saturated carbocycles. The molecule has 1 atom stereocenters. The maximum atomic E-state index is 10.0. The van der Waals surface area contributed by atoms with Crippen molar-refractivity contribution >= 4 is 23.2 Å². The number of pyridine rings is 2. The summed E-state index contributed by atoms with van der Waals surface area (Å²) < 4.78 is 0. The number of hydrogen-bond donors (Lipinski definition) is 1. The highest BCUT2D eigenvalue weighted by Gasteiger charge is 2.14. The van der Waals surface area contributed by atoms with Crippen LogP contribution in [-0.2, 0) is 6.42 Å². The second-order valence-electron chi connectivity index (χ2n) is 3.60. The van der Waals surface area contributed by atoms with E-state index < -0.39 is 6.10 Å². The lowest BCUT2D eigenvalue weighted by Crippen LogP contribution is -2.05. The maximum absolute atomic E-state index is 10.0. The number of rotatable bonds is 3. The van der Waals surface area contributed by atoms with Gasteiger partial charge in [-0.05, 0) is 17.7 Å². The Bertz CT molecular complexity index is 505. The molecule has 0 aliphatic heterocycles. The average molecular weight is 269 g/mol. The quantitative estimate of drug-likeness (QED) is 0.931. The van der Waals surface area contributed by atoms with Gasteiger partial charge in [0.05, 0.1) is 15.7 Å². The number of aromatic nitrogens is 2. The lowest BCUT2D eigenvalue weighted by atomic mass is 10.1. The lowest BCUT2D eigenvalue weighted by Gasteiger charge is -2.11. The van der Waals surface area contributed by atoms with Crippen LogP contribution in [0.4, 0.5) is 0 Å². The van der Waals surface area contributed by atoms with E-state index in [0.29, 0.717) is 22.2 Å². The van der Waals surface area contributed by atoms with Crippen LogP contribution in [0.25, 0.3) is 0 Å². The van der Waals surface area contributed by atoms with Crippen LogP contribution in [0.5, 0.6) is 0 Å². The number of aliphatic hydroxyl groups is 1. The smallest absolute Gasteiger partial charge is 0.102 e. The number of nitrogens with zero attached hydrogens (tertiary/aromatic N) is 2. The fourth-order valence-electron chi connectivity index (χ4n) is 1.51. The first-order chi connectivity index (χ1) is 8.16. The minimum atomic E-state index is -0.760. The van der Waals surface area contributed by atoms with Crippen LogP contribution >= 0.6 is 23.2 Å². The Labute approximate surface area is 109 Å². The first-order valence-corrected chi connectivity index (χ1v) is 5.80. The Hall–Kier alpha value is -1.16. The van der Waals surface area contributed by atoms with Crippen LogP contribution in [0, 0.1) is 0 Å². The van der Waals surface area contributed by atoms with Gasteiger partial charge in [-0.1, -0.05) is 29.3 Å². The molecule has 88 valence electrons. The van der Waals surface area contributed by atoms with Gasteiger partial charge in [0.2, 0.25) is 0 Å². The summed E-state index contributed by atoms with van der Waals surface area (Å²) in [6.07, 6.45) is 4.51. The Morgan fingerprint density at radius 3 is 2.76 bits per heavy atom. The van der Waals surface area contributed by atoms with Crippen molar-refractivity contribution in [2.45, 2.75) is 12.5 Å².